The summed E-state index contributed by atoms with van der Waals surface area (Å²) < 4.78 is 1.06. The number of benzene rings is 2. The van der Waals surface area contributed by atoms with Gasteiger partial charge < -0.3 is 5.32 Å². The molecule has 0 spiro atoms. The van der Waals surface area contributed by atoms with Gasteiger partial charge in [-0.05, 0) is 35.9 Å². The van der Waals surface area contributed by atoms with Crippen molar-refractivity contribution >= 4 is 33.2 Å². The lowest BCUT2D eigenvalue weighted by Crippen LogP contribution is -1.99. The van der Waals surface area contributed by atoms with Gasteiger partial charge in [0.1, 0.15) is 6.07 Å². The zero-order chi connectivity index (χ0) is 13.0. The molecular weight excluding hydrogens is 312 g/mol. The minimum absolute atomic E-state index is 0.471. The second kappa shape index (κ2) is 5.90. The van der Waals surface area contributed by atoms with Crippen molar-refractivity contribution in [3.05, 3.63) is 63.1 Å². The third kappa shape index (κ3) is 3.25. The highest BCUT2D eigenvalue weighted by molar-refractivity contribution is 9.10. The van der Waals surface area contributed by atoms with E-state index in [0.717, 1.165) is 16.7 Å². The van der Waals surface area contributed by atoms with Crippen molar-refractivity contribution in [3.8, 4) is 6.07 Å². The summed E-state index contributed by atoms with van der Waals surface area (Å²) in [4.78, 5) is 0. The summed E-state index contributed by atoms with van der Waals surface area (Å²) in [6, 6.07) is 15.5. The lowest BCUT2D eigenvalue weighted by Gasteiger charge is -2.07. The molecule has 0 aliphatic heterocycles. The second-order valence-electron chi connectivity index (χ2n) is 3.79. The number of halogens is 2. The van der Waals surface area contributed by atoms with E-state index < -0.39 is 0 Å². The van der Waals surface area contributed by atoms with Crippen LogP contribution in [-0.2, 0) is 6.54 Å². The van der Waals surface area contributed by atoms with Crippen LogP contribution in [0.2, 0.25) is 5.02 Å². The molecule has 0 unspecified atom stereocenters. The third-order valence-corrected chi connectivity index (χ3v) is 3.34. The van der Waals surface area contributed by atoms with Crippen molar-refractivity contribution in [3.63, 3.8) is 0 Å². The molecule has 0 aliphatic rings. The lowest BCUT2D eigenvalue weighted by atomic mass is 10.2. The van der Waals surface area contributed by atoms with Crippen molar-refractivity contribution in [1.82, 2.24) is 0 Å². The monoisotopic (exact) mass is 320 g/mol. The van der Waals surface area contributed by atoms with E-state index in [1.165, 1.54) is 5.56 Å². The van der Waals surface area contributed by atoms with Crippen LogP contribution < -0.4 is 5.32 Å². The Kier molecular flexibility index (Phi) is 4.24. The Hall–Kier alpha value is -1.50. The minimum Gasteiger partial charge on any atom is -0.381 e. The molecule has 0 bridgehead atoms. The Bertz CT molecular complexity index is 588. The molecular formula is C14H10BrClN2. The third-order valence-electron chi connectivity index (χ3n) is 2.50. The standard InChI is InChI=1S/C14H10BrClN2/c15-12-4-1-10(2-5-12)9-18-13-6-3-11(8-17)14(16)7-13/h1-7,18H,9H2. The maximum atomic E-state index is 8.78. The van der Waals surface area contributed by atoms with Gasteiger partial charge in [0.25, 0.3) is 0 Å². The van der Waals surface area contributed by atoms with Crippen LogP contribution in [0.4, 0.5) is 5.69 Å². The maximum Gasteiger partial charge on any atom is 0.101 e. The summed E-state index contributed by atoms with van der Waals surface area (Å²) in [5.41, 5.74) is 2.58. The van der Waals surface area contributed by atoms with Gasteiger partial charge in [-0.15, -0.1) is 0 Å². The molecule has 2 aromatic carbocycles. The quantitative estimate of drug-likeness (QED) is 0.897. The molecule has 2 rings (SSSR count). The van der Waals surface area contributed by atoms with E-state index in [4.69, 9.17) is 16.9 Å². The molecule has 90 valence electrons. The van der Waals surface area contributed by atoms with Gasteiger partial charge >= 0.3 is 0 Å². The fraction of sp³-hybridized carbons (Fsp3) is 0.0714. The average Bonchev–Trinajstić information content (AvgIpc) is 2.38. The topological polar surface area (TPSA) is 35.8 Å². The van der Waals surface area contributed by atoms with Crippen molar-refractivity contribution < 1.29 is 0 Å². The number of nitrogens with zero attached hydrogens (tertiary/aromatic N) is 1. The van der Waals surface area contributed by atoms with Crippen molar-refractivity contribution in [2.45, 2.75) is 6.54 Å². The molecule has 0 radical (unpaired) electrons. The molecule has 4 heteroatoms. The molecule has 0 aliphatic carbocycles. The molecule has 2 nitrogen and oxygen atoms in total. The van der Waals surface area contributed by atoms with Crippen LogP contribution in [0, 0.1) is 11.3 Å². The van der Waals surface area contributed by atoms with E-state index in [1.54, 1.807) is 12.1 Å². The molecule has 0 aromatic heterocycles. The first-order valence-corrected chi connectivity index (χ1v) is 6.54. The van der Waals surface area contributed by atoms with Crippen molar-refractivity contribution in [2.24, 2.45) is 0 Å². The molecule has 2 aromatic rings. The Labute approximate surface area is 119 Å². The summed E-state index contributed by atoms with van der Waals surface area (Å²) in [5.74, 6) is 0. The summed E-state index contributed by atoms with van der Waals surface area (Å²) in [6.45, 7) is 0.718. The Balaban J connectivity index is 2.04. The first-order valence-electron chi connectivity index (χ1n) is 5.37. The number of nitrogens with one attached hydrogen (secondary N) is 1. The van der Waals surface area contributed by atoms with Crippen LogP contribution in [0.25, 0.3) is 0 Å². The van der Waals surface area contributed by atoms with Crippen LogP contribution in [0.3, 0.4) is 0 Å². The first-order chi connectivity index (χ1) is 8.69. The predicted octanol–water partition coefficient (Wildman–Crippen LogP) is 4.59. The van der Waals surface area contributed by atoms with Gasteiger partial charge in [-0.1, -0.05) is 39.7 Å². The number of hydrogen-bond donors (Lipinski definition) is 1. The van der Waals surface area contributed by atoms with E-state index >= 15 is 0 Å². The van der Waals surface area contributed by atoms with E-state index in [9.17, 15) is 0 Å². The molecule has 0 atom stereocenters. The number of rotatable bonds is 3. The second-order valence-corrected chi connectivity index (χ2v) is 5.11. The molecule has 0 heterocycles. The van der Waals surface area contributed by atoms with E-state index in [1.807, 2.05) is 36.4 Å². The van der Waals surface area contributed by atoms with E-state index in [0.29, 0.717) is 10.6 Å². The fourth-order valence-electron chi connectivity index (χ4n) is 1.52. The van der Waals surface area contributed by atoms with Crippen molar-refractivity contribution in [2.75, 3.05) is 5.32 Å². The summed E-state index contributed by atoms with van der Waals surface area (Å²) in [6.07, 6.45) is 0. The molecule has 0 saturated carbocycles. The summed E-state index contributed by atoms with van der Waals surface area (Å²) >= 11 is 9.36. The SMILES string of the molecule is N#Cc1ccc(NCc2ccc(Br)cc2)cc1Cl. The van der Waals surface area contributed by atoms with Gasteiger partial charge in [0.15, 0.2) is 0 Å². The van der Waals surface area contributed by atoms with Crippen LogP contribution in [0.15, 0.2) is 46.9 Å². The Morgan fingerprint density at radius 3 is 2.50 bits per heavy atom. The Morgan fingerprint density at radius 1 is 1.17 bits per heavy atom. The van der Waals surface area contributed by atoms with Gasteiger partial charge in [0.05, 0.1) is 10.6 Å². The molecule has 1 N–H and O–H groups in total. The van der Waals surface area contributed by atoms with Gasteiger partial charge in [-0.2, -0.15) is 5.26 Å². The first kappa shape index (κ1) is 12.9. The van der Waals surface area contributed by atoms with E-state index in [2.05, 4.69) is 21.2 Å². The van der Waals surface area contributed by atoms with Gasteiger partial charge in [0, 0.05) is 16.7 Å². The smallest absolute Gasteiger partial charge is 0.101 e. The number of anilines is 1. The van der Waals surface area contributed by atoms with Gasteiger partial charge in [-0.3, -0.25) is 0 Å². The molecule has 0 fully saturated rings. The summed E-state index contributed by atoms with van der Waals surface area (Å²) in [5, 5.41) is 12.5. The normalized spacial score (nSPS) is 9.83. The van der Waals surface area contributed by atoms with Gasteiger partial charge in [-0.25, -0.2) is 0 Å². The summed E-state index contributed by atoms with van der Waals surface area (Å²) in [7, 11) is 0. The fourth-order valence-corrected chi connectivity index (χ4v) is 2.01. The molecule has 0 amide bonds. The van der Waals surface area contributed by atoms with Crippen LogP contribution in [-0.4, -0.2) is 0 Å². The zero-order valence-electron chi connectivity index (χ0n) is 9.45. The Morgan fingerprint density at radius 2 is 1.89 bits per heavy atom. The number of hydrogen-bond acceptors (Lipinski definition) is 2. The highest BCUT2D eigenvalue weighted by Gasteiger charge is 2.00. The molecule has 0 saturated heterocycles. The zero-order valence-corrected chi connectivity index (χ0v) is 11.8. The predicted molar refractivity (Wildman–Crippen MR) is 77.6 cm³/mol. The largest absolute Gasteiger partial charge is 0.381 e. The number of nitriles is 1. The van der Waals surface area contributed by atoms with Crippen molar-refractivity contribution in [1.29, 1.82) is 5.26 Å². The molecule has 18 heavy (non-hydrogen) atoms. The van der Waals surface area contributed by atoms with Gasteiger partial charge in [0.2, 0.25) is 0 Å². The average molecular weight is 322 g/mol. The highest BCUT2D eigenvalue weighted by Crippen LogP contribution is 2.21. The van der Waals surface area contributed by atoms with Crippen LogP contribution >= 0.6 is 27.5 Å². The van der Waals surface area contributed by atoms with E-state index in [-0.39, 0.29) is 0 Å². The maximum absolute atomic E-state index is 8.78. The lowest BCUT2D eigenvalue weighted by molar-refractivity contribution is 1.15. The highest BCUT2D eigenvalue weighted by atomic mass is 79.9. The van der Waals surface area contributed by atoms with Crippen LogP contribution in [0.1, 0.15) is 11.1 Å². The minimum atomic E-state index is 0.471. The van der Waals surface area contributed by atoms with Crippen LogP contribution in [0.5, 0.6) is 0 Å².